The highest BCUT2D eigenvalue weighted by Crippen LogP contribution is 2.07. The highest BCUT2D eigenvalue weighted by molar-refractivity contribution is 5.80. The quantitative estimate of drug-likeness (QED) is 0.425. The summed E-state index contributed by atoms with van der Waals surface area (Å²) in [6, 6.07) is 0. The van der Waals surface area contributed by atoms with E-state index < -0.39 is 18.1 Å². The summed E-state index contributed by atoms with van der Waals surface area (Å²) in [4.78, 5) is 10.9. The molecule has 64 valence electrons. The monoisotopic (exact) mass is 159 g/mol. The maximum absolute atomic E-state index is 10.9. The van der Waals surface area contributed by atoms with Gasteiger partial charge in [0.1, 0.15) is 5.54 Å². The number of carbonyl (C=O) groups is 1. The van der Waals surface area contributed by atoms with Gasteiger partial charge >= 0.3 is 5.97 Å². The van der Waals surface area contributed by atoms with Gasteiger partial charge in [-0.15, -0.1) is 6.58 Å². The van der Waals surface area contributed by atoms with Crippen LogP contribution in [0, 0.1) is 0 Å². The van der Waals surface area contributed by atoms with Gasteiger partial charge in [0.05, 0.1) is 13.7 Å². The molecule has 0 saturated carbocycles. The van der Waals surface area contributed by atoms with E-state index in [1.165, 1.54) is 13.2 Å². The second-order valence-electron chi connectivity index (χ2n) is 2.30. The van der Waals surface area contributed by atoms with Gasteiger partial charge in [-0.1, -0.05) is 6.08 Å². The minimum atomic E-state index is -1.32. The van der Waals surface area contributed by atoms with Crippen LogP contribution in [-0.4, -0.2) is 30.3 Å². The maximum atomic E-state index is 10.9. The van der Waals surface area contributed by atoms with Crippen molar-refractivity contribution in [3.8, 4) is 0 Å². The lowest BCUT2D eigenvalue weighted by Crippen LogP contribution is -2.51. The molecule has 0 amide bonds. The third-order valence-corrected chi connectivity index (χ3v) is 1.38. The van der Waals surface area contributed by atoms with Crippen molar-refractivity contribution in [1.29, 1.82) is 0 Å². The first-order valence-electron chi connectivity index (χ1n) is 3.20. The van der Waals surface area contributed by atoms with E-state index in [-0.39, 0.29) is 6.42 Å². The van der Waals surface area contributed by atoms with Gasteiger partial charge in [0.2, 0.25) is 0 Å². The van der Waals surface area contributed by atoms with Crippen LogP contribution < -0.4 is 5.73 Å². The summed E-state index contributed by atoms with van der Waals surface area (Å²) < 4.78 is 4.39. The largest absolute Gasteiger partial charge is 0.468 e. The van der Waals surface area contributed by atoms with Crippen molar-refractivity contribution in [2.45, 2.75) is 12.0 Å². The molecule has 11 heavy (non-hydrogen) atoms. The van der Waals surface area contributed by atoms with Crippen molar-refractivity contribution in [3.05, 3.63) is 12.7 Å². The average molecular weight is 159 g/mol. The molecule has 0 fully saturated rings. The SMILES string of the molecule is C=CC[C@@](N)(CO)C(=O)OC. The predicted octanol–water partition coefficient (Wildman–Crippen LogP) is -0.575. The predicted molar refractivity (Wildman–Crippen MR) is 40.8 cm³/mol. The van der Waals surface area contributed by atoms with Gasteiger partial charge in [-0.2, -0.15) is 0 Å². The van der Waals surface area contributed by atoms with Crippen LogP contribution in [0.25, 0.3) is 0 Å². The highest BCUT2D eigenvalue weighted by atomic mass is 16.5. The van der Waals surface area contributed by atoms with E-state index in [2.05, 4.69) is 11.3 Å². The van der Waals surface area contributed by atoms with E-state index >= 15 is 0 Å². The van der Waals surface area contributed by atoms with Gasteiger partial charge in [0.15, 0.2) is 0 Å². The number of ether oxygens (including phenoxy) is 1. The van der Waals surface area contributed by atoms with Crippen molar-refractivity contribution in [3.63, 3.8) is 0 Å². The molecule has 0 aromatic rings. The van der Waals surface area contributed by atoms with Gasteiger partial charge < -0.3 is 15.6 Å². The summed E-state index contributed by atoms with van der Waals surface area (Å²) in [6.07, 6.45) is 1.67. The molecular formula is C7H13NO3. The molecule has 0 saturated heterocycles. The molecule has 3 N–H and O–H groups in total. The van der Waals surface area contributed by atoms with E-state index in [4.69, 9.17) is 10.8 Å². The summed E-state index contributed by atoms with van der Waals surface area (Å²) in [5, 5.41) is 8.74. The van der Waals surface area contributed by atoms with E-state index in [0.717, 1.165) is 0 Å². The topological polar surface area (TPSA) is 72.5 Å². The third kappa shape index (κ3) is 2.32. The van der Waals surface area contributed by atoms with Crippen molar-refractivity contribution in [2.24, 2.45) is 5.73 Å². The number of methoxy groups -OCH3 is 1. The molecule has 0 radical (unpaired) electrons. The van der Waals surface area contributed by atoms with Gasteiger partial charge in [-0.05, 0) is 6.42 Å². The number of nitrogens with two attached hydrogens (primary N) is 1. The number of hydrogen-bond donors (Lipinski definition) is 2. The average Bonchev–Trinajstić information content (AvgIpc) is 2.03. The van der Waals surface area contributed by atoms with Crippen molar-refractivity contribution in [2.75, 3.05) is 13.7 Å². The van der Waals surface area contributed by atoms with Crippen LogP contribution in [0.4, 0.5) is 0 Å². The number of hydrogen-bond acceptors (Lipinski definition) is 4. The molecule has 0 aliphatic carbocycles. The van der Waals surface area contributed by atoms with Crippen LogP contribution in [0.3, 0.4) is 0 Å². The fraction of sp³-hybridized carbons (Fsp3) is 0.571. The zero-order valence-corrected chi connectivity index (χ0v) is 6.54. The summed E-state index contributed by atoms with van der Waals surface area (Å²) in [6.45, 7) is 2.97. The molecule has 0 aromatic heterocycles. The zero-order chi connectivity index (χ0) is 8.91. The van der Waals surface area contributed by atoms with Crippen LogP contribution in [0.1, 0.15) is 6.42 Å². The van der Waals surface area contributed by atoms with Gasteiger partial charge in [0, 0.05) is 0 Å². The molecule has 0 heterocycles. The molecule has 4 nitrogen and oxygen atoms in total. The standard InChI is InChI=1S/C7H13NO3/c1-3-4-7(8,5-9)6(10)11-2/h3,9H,1,4-5,8H2,2H3/t7-/m1/s1. The Kier molecular flexibility index (Phi) is 3.78. The van der Waals surface area contributed by atoms with Crippen molar-refractivity contribution >= 4 is 5.97 Å². The lowest BCUT2D eigenvalue weighted by Gasteiger charge is -2.21. The second kappa shape index (κ2) is 4.10. The van der Waals surface area contributed by atoms with E-state index in [9.17, 15) is 4.79 Å². The molecule has 0 spiro atoms. The number of aliphatic hydroxyl groups is 1. The Bertz CT molecular complexity index is 158. The Morgan fingerprint density at radius 2 is 2.45 bits per heavy atom. The highest BCUT2D eigenvalue weighted by Gasteiger charge is 2.32. The molecule has 1 atom stereocenters. The fourth-order valence-electron chi connectivity index (χ4n) is 0.673. The number of carbonyl (C=O) groups excluding carboxylic acids is 1. The molecule has 4 heteroatoms. The van der Waals surface area contributed by atoms with Gasteiger partial charge in [-0.25, -0.2) is 4.79 Å². The Labute approximate surface area is 65.6 Å². The first-order valence-corrected chi connectivity index (χ1v) is 3.20. The Morgan fingerprint density at radius 3 is 2.73 bits per heavy atom. The van der Waals surface area contributed by atoms with Gasteiger partial charge in [-0.3, -0.25) is 0 Å². The molecule has 0 rings (SSSR count). The van der Waals surface area contributed by atoms with Gasteiger partial charge in [0.25, 0.3) is 0 Å². The normalized spacial score (nSPS) is 15.2. The Morgan fingerprint density at radius 1 is 1.91 bits per heavy atom. The van der Waals surface area contributed by atoms with E-state index in [1.54, 1.807) is 0 Å². The second-order valence-corrected chi connectivity index (χ2v) is 2.30. The lowest BCUT2D eigenvalue weighted by molar-refractivity contribution is -0.148. The minimum Gasteiger partial charge on any atom is -0.468 e. The minimum absolute atomic E-state index is 0.205. The van der Waals surface area contributed by atoms with Crippen LogP contribution in [0.2, 0.25) is 0 Å². The first-order chi connectivity index (χ1) is 5.10. The molecule has 0 unspecified atom stereocenters. The molecule has 0 aliphatic heterocycles. The summed E-state index contributed by atoms with van der Waals surface area (Å²) in [5.74, 6) is -0.625. The lowest BCUT2D eigenvalue weighted by atomic mass is 9.98. The van der Waals surface area contributed by atoms with Crippen LogP contribution in [0.15, 0.2) is 12.7 Å². The van der Waals surface area contributed by atoms with Crippen LogP contribution in [-0.2, 0) is 9.53 Å². The van der Waals surface area contributed by atoms with E-state index in [0.29, 0.717) is 0 Å². The summed E-state index contributed by atoms with van der Waals surface area (Å²) >= 11 is 0. The summed E-state index contributed by atoms with van der Waals surface area (Å²) in [7, 11) is 1.22. The Hall–Kier alpha value is -0.870. The van der Waals surface area contributed by atoms with Crippen LogP contribution in [0.5, 0.6) is 0 Å². The van der Waals surface area contributed by atoms with Crippen molar-refractivity contribution < 1.29 is 14.6 Å². The summed E-state index contributed by atoms with van der Waals surface area (Å²) in [5.41, 5.74) is 4.14. The number of rotatable bonds is 4. The van der Waals surface area contributed by atoms with Crippen molar-refractivity contribution in [1.82, 2.24) is 0 Å². The Balaban J connectivity index is 4.31. The fourth-order valence-corrected chi connectivity index (χ4v) is 0.673. The molecule has 0 aliphatic rings. The molecular weight excluding hydrogens is 146 g/mol. The first kappa shape index (κ1) is 10.1. The number of aliphatic hydroxyl groups excluding tert-OH is 1. The van der Waals surface area contributed by atoms with E-state index in [1.807, 2.05) is 0 Å². The maximum Gasteiger partial charge on any atom is 0.328 e. The third-order valence-electron chi connectivity index (χ3n) is 1.38. The molecule has 0 aromatic carbocycles. The smallest absolute Gasteiger partial charge is 0.328 e. The molecule has 0 bridgehead atoms. The number of esters is 1. The van der Waals surface area contributed by atoms with Crippen LogP contribution >= 0.6 is 0 Å². The zero-order valence-electron chi connectivity index (χ0n) is 6.54.